The van der Waals surface area contributed by atoms with Gasteiger partial charge in [-0.25, -0.2) is 0 Å². The average Bonchev–Trinajstić information content (AvgIpc) is 2.49. The predicted molar refractivity (Wildman–Crippen MR) is 84.6 cm³/mol. The first-order chi connectivity index (χ1) is 9.78. The Morgan fingerprint density at radius 3 is 2.70 bits per heavy atom. The minimum absolute atomic E-state index is 0.844. The minimum atomic E-state index is 0.844. The van der Waals surface area contributed by atoms with Crippen LogP contribution in [0, 0.1) is 0 Å². The van der Waals surface area contributed by atoms with Gasteiger partial charge in [0.05, 0.1) is 7.11 Å². The Morgan fingerprint density at radius 1 is 1.15 bits per heavy atom. The minimum Gasteiger partial charge on any atom is -0.496 e. The SMILES string of the molecule is COc1ccc(Cl)c2c1CCC(CN1CCCCC1)=C2. The van der Waals surface area contributed by atoms with Crippen molar-refractivity contribution in [2.24, 2.45) is 0 Å². The summed E-state index contributed by atoms with van der Waals surface area (Å²) < 4.78 is 5.45. The van der Waals surface area contributed by atoms with Crippen LogP contribution in [-0.2, 0) is 6.42 Å². The molecular weight excluding hydrogens is 270 g/mol. The maximum Gasteiger partial charge on any atom is 0.122 e. The highest BCUT2D eigenvalue weighted by Crippen LogP contribution is 2.36. The largest absolute Gasteiger partial charge is 0.496 e. The van der Waals surface area contributed by atoms with E-state index in [9.17, 15) is 0 Å². The molecule has 1 aromatic carbocycles. The van der Waals surface area contributed by atoms with Gasteiger partial charge in [-0.3, -0.25) is 4.90 Å². The molecule has 0 atom stereocenters. The molecule has 0 radical (unpaired) electrons. The van der Waals surface area contributed by atoms with Crippen LogP contribution < -0.4 is 4.74 Å². The van der Waals surface area contributed by atoms with Crippen molar-refractivity contribution in [2.45, 2.75) is 32.1 Å². The Balaban J connectivity index is 1.82. The van der Waals surface area contributed by atoms with E-state index in [1.54, 1.807) is 7.11 Å². The molecule has 2 aliphatic rings. The van der Waals surface area contributed by atoms with Crippen LogP contribution in [0.25, 0.3) is 6.08 Å². The standard InChI is InChI=1S/C17H22ClNO/c1-20-17-8-7-16(18)15-11-13(5-6-14(15)17)12-19-9-3-2-4-10-19/h7-8,11H,2-6,9-10,12H2,1H3. The number of piperidine rings is 1. The lowest BCUT2D eigenvalue weighted by Gasteiger charge is -2.29. The van der Waals surface area contributed by atoms with Gasteiger partial charge in [-0.1, -0.05) is 29.7 Å². The fraction of sp³-hybridized carbons (Fsp3) is 0.529. The smallest absolute Gasteiger partial charge is 0.122 e. The van der Waals surface area contributed by atoms with E-state index in [1.165, 1.54) is 49.1 Å². The summed E-state index contributed by atoms with van der Waals surface area (Å²) in [6, 6.07) is 3.92. The molecule has 1 aromatic rings. The van der Waals surface area contributed by atoms with Crippen molar-refractivity contribution in [3.63, 3.8) is 0 Å². The molecular formula is C17H22ClNO. The summed E-state index contributed by atoms with van der Waals surface area (Å²) in [7, 11) is 1.73. The van der Waals surface area contributed by atoms with Gasteiger partial charge in [-0.05, 0) is 56.5 Å². The van der Waals surface area contributed by atoms with E-state index in [1.807, 2.05) is 12.1 Å². The fourth-order valence-corrected chi connectivity index (χ4v) is 3.54. The summed E-state index contributed by atoms with van der Waals surface area (Å²) in [5, 5.41) is 0.844. The van der Waals surface area contributed by atoms with E-state index in [0.29, 0.717) is 0 Å². The monoisotopic (exact) mass is 291 g/mol. The van der Waals surface area contributed by atoms with Crippen molar-refractivity contribution in [1.82, 2.24) is 4.90 Å². The molecule has 0 unspecified atom stereocenters. The van der Waals surface area contributed by atoms with E-state index < -0.39 is 0 Å². The molecule has 0 spiro atoms. The van der Waals surface area contributed by atoms with Gasteiger partial charge in [-0.2, -0.15) is 0 Å². The van der Waals surface area contributed by atoms with Gasteiger partial charge < -0.3 is 4.74 Å². The van der Waals surface area contributed by atoms with Crippen LogP contribution in [-0.4, -0.2) is 31.6 Å². The highest BCUT2D eigenvalue weighted by atomic mass is 35.5. The highest BCUT2D eigenvalue weighted by Gasteiger charge is 2.19. The number of nitrogens with zero attached hydrogens (tertiary/aromatic N) is 1. The van der Waals surface area contributed by atoms with Crippen molar-refractivity contribution < 1.29 is 4.74 Å². The van der Waals surface area contributed by atoms with Crippen LogP contribution in [0.3, 0.4) is 0 Å². The predicted octanol–water partition coefficient (Wildman–Crippen LogP) is 4.16. The number of halogens is 1. The van der Waals surface area contributed by atoms with Crippen molar-refractivity contribution in [3.05, 3.63) is 33.9 Å². The first kappa shape index (κ1) is 14.0. The first-order valence-electron chi connectivity index (χ1n) is 7.55. The third-order valence-electron chi connectivity index (χ3n) is 4.40. The van der Waals surface area contributed by atoms with Gasteiger partial charge in [0.15, 0.2) is 0 Å². The number of methoxy groups -OCH3 is 1. The molecule has 0 bridgehead atoms. The molecule has 2 nitrogen and oxygen atoms in total. The summed E-state index contributed by atoms with van der Waals surface area (Å²) in [5.41, 5.74) is 3.95. The van der Waals surface area contributed by atoms with Crippen LogP contribution in [0.4, 0.5) is 0 Å². The van der Waals surface area contributed by atoms with Crippen LogP contribution in [0.5, 0.6) is 5.75 Å². The number of rotatable bonds is 3. The molecule has 3 rings (SSSR count). The molecule has 1 aliphatic heterocycles. The lowest BCUT2D eigenvalue weighted by Crippen LogP contribution is -2.31. The summed E-state index contributed by atoms with van der Waals surface area (Å²) in [5.74, 6) is 0.970. The number of ether oxygens (including phenoxy) is 1. The van der Waals surface area contributed by atoms with Gasteiger partial charge in [-0.15, -0.1) is 0 Å². The van der Waals surface area contributed by atoms with E-state index in [-0.39, 0.29) is 0 Å². The zero-order valence-electron chi connectivity index (χ0n) is 12.1. The van der Waals surface area contributed by atoms with Gasteiger partial charge in [0.2, 0.25) is 0 Å². The third-order valence-corrected chi connectivity index (χ3v) is 4.73. The molecule has 0 amide bonds. The van der Waals surface area contributed by atoms with E-state index in [0.717, 1.165) is 30.2 Å². The van der Waals surface area contributed by atoms with Crippen molar-refractivity contribution in [3.8, 4) is 5.75 Å². The summed E-state index contributed by atoms with van der Waals surface area (Å²) in [6.45, 7) is 3.60. The summed E-state index contributed by atoms with van der Waals surface area (Å²) >= 11 is 6.37. The molecule has 3 heteroatoms. The molecule has 20 heavy (non-hydrogen) atoms. The van der Waals surface area contributed by atoms with Crippen molar-refractivity contribution >= 4 is 17.7 Å². The highest BCUT2D eigenvalue weighted by molar-refractivity contribution is 6.32. The topological polar surface area (TPSA) is 12.5 Å². The van der Waals surface area contributed by atoms with Gasteiger partial charge >= 0.3 is 0 Å². The quantitative estimate of drug-likeness (QED) is 0.829. The van der Waals surface area contributed by atoms with Crippen LogP contribution >= 0.6 is 11.6 Å². The molecule has 0 saturated carbocycles. The third kappa shape index (κ3) is 2.87. The number of benzene rings is 1. The molecule has 1 saturated heterocycles. The Bertz CT molecular complexity index is 518. The number of fused-ring (bicyclic) bond motifs is 1. The number of likely N-dealkylation sites (tertiary alicyclic amines) is 1. The second kappa shape index (κ2) is 6.19. The maximum atomic E-state index is 6.37. The van der Waals surface area contributed by atoms with Gasteiger partial charge in [0, 0.05) is 17.1 Å². The Hall–Kier alpha value is -0.990. The number of hydrogen-bond donors (Lipinski definition) is 0. The Kier molecular flexibility index (Phi) is 4.32. The second-order valence-corrected chi connectivity index (χ2v) is 6.19. The van der Waals surface area contributed by atoms with Crippen LogP contribution in [0.1, 0.15) is 36.8 Å². The molecule has 1 heterocycles. The summed E-state index contributed by atoms with van der Waals surface area (Å²) in [4.78, 5) is 2.58. The van der Waals surface area contributed by atoms with Crippen LogP contribution in [0.2, 0.25) is 5.02 Å². The Labute approximate surface area is 126 Å². The lowest BCUT2D eigenvalue weighted by atomic mass is 9.91. The van der Waals surface area contributed by atoms with Crippen molar-refractivity contribution in [2.75, 3.05) is 26.7 Å². The lowest BCUT2D eigenvalue weighted by molar-refractivity contribution is 0.245. The second-order valence-electron chi connectivity index (χ2n) is 5.78. The molecule has 0 aromatic heterocycles. The Morgan fingerprint density at radius 2 is 1.95 bits per heavy atom. The van der Waals surface area contributed by atoms with E-state index >= 15 is 0 Å². The molecule has 1 aliphatic carbocycles. The number of hydrogen-bond acceptors (Lipinski definition) is 2. The van der Waals surface area contributed by atoms with Crippen LogP contribution in [0.15, 0.2) is 17.7 Å². The first-order valence-corrected chi connectivity index (χ1v) is 7.93. The fourth-order valence-electron chi connectivity index (χ4n) is 3.31. The maximum absolute atomic E-state index is 6.37. The van der Waals surface area contributed by atoms with Crippen molar-refractivity contribution in [1.29, 1.82) is 0 Å². The zero-order chi connectivity index (χ0) is 13.9. The molecule has 1 fully saturated rings. The normalized spacial score (nSPS) is 19.4. The summed E-state index contributed by atoms with van der Waals surface area (Å²) in [6.07, 6.45) is 8.54. The molecule has 0 N–H and O–H groups in total. The van der Waals surface area contributed by atoms with E-state index in [4.69, 9.17) is 16.3 Å². The van der Waals surface area contributed by atoms with E-state index in [2.05, 4.69) is 11.0 Å². The average molecular weight is 292 g/mol. The molecule has 108 valence electrons. The van der Waals surface area contributed by atoms with Gasteiger partial charge in [0.25, 0.3) is 0 Å². The zero-order valence-corrected chi connectivity index (χ0v) is 12.9. The van der Waals surface area contributed by atoms with Gasteiger partial charge in [0.1, 0.15) is 5.75 Å².